The number of rotatable bonds is 8. The van der Waals surface area contributed by atoms with E-state index in [1.54, 1.807) is 13.3 Å². The number of hydrogen-bond acceptors (Lipinski definition) is 3. The second kappa shape index (κ2) is 8.50. The van der Waals surface area contributed by atoms with Gasteiger partial charge in [0.1, 0.15) is 6.61 Å². The van der Waals surface area contributed by atoms with E-state index in [4.69, 9.17) is 4.84 Å². The first-order valence-corrected chi connectivity index (χ1v) is 10.5. The minimum absolute atomic E-state index is 0.124. The third-order valence-electron chi connectivity index (χ3n) is 3.44. The van der Waals surface area contributed by atoms with Crippen LogP contribution in [0.4, 0.5) is 0 Å². The standard InChI is InChI=1S/C17H28NO3P/c1-14(2)17-9-7-16(8-10-17)13-21-18(15(3)19)11-6-12-22(4,5)20/h7-10,14H,6,11-13H2,1-5H3. The number of benzene rings is 1. The molecule has 0 spiro atoms. The maximum absolute atomic E-state index is 11.7. The van der Waals surface area contributed by atoms with Crippen molar-refractivity contribution < 1.29 is 14.2 Å². The van der Waals surface area contributed by atoms with Crippen molar-refractivity contribution >= 4 is 13.0 Å². The Hall–Kier alpha value is -1.12. The van der Waals surface area contributed by atoms with Gasteiger partial charge >= 0.3 is 0 Å². The predicted octanol–water partition coefficient (Wildman–Crippen LogP) is 4.10. The van der Waals surface area contributed by atoms with Crippen LogP contribution in [0.3, 0.4) is 0 Å². The van der Waals surface area contributed by atoms with Crippen LogP contribution in [0.1, 0.15) is 44.2 Å². The number of hydroxylamine groups is 2. The molecule has 1 amide bonds. The van der Waals surface area contributed by atoms with Crippen LogP contribution in [0.25, 0.3) is 0 Å². The Bertz CT molecular complexity index is 519. The zero-order chi connectivity index (χ0) is 16.8. The van der Waals surface area contributed by atoms with Gasteiger partial charge in [-0.05, 0) is 36.8 Å². The number of carbonyl (C=O) groups excluding carboxylic acids is 1. The molecule has 0 saturated carbocycles. The smallest absolute Gasteiger partial charge is 0.243 e. The van der Waals surface area contributed by atoms with Gasteiger partial charge < -0.3 is 4.57 Å². The zero-order valence-corrected chi connectivity index (χ0v) is 15.2. The SMILES string of the molecule is CC(=O)N(CCCP(C)(C)=O)OCc1ccc(C(C)C)cc1. The van der Waals surface area contributed by atoms with Crippen LogP contribution in [-0.2, 0) is 20.8 Å². The summed E-state index contributed by atoms with van der Waals surface area (Å²) in [6.45, 7) is 10.2. The molecule has 0 atom stereocenters. The molecular formula is C17H28NO3P. The first-order chi connectivity index (χ1) is 10.2. The fraction of sp³-hybridized carbons (Fsp3) is 0.588. The molecule has 0 fully saturated rings. The minimum atomic E-state index is -2.04. The lowest BCUT2D eigenvalue weighted by atomic mass is 10.0. The van der Waals surface area contributed by atoms with Gasteiger partial charge in [-0.15, -0.1) is 0 Å². The van der Waals surface area contributed by atoms with E-state index < -0.39 is 7.14 Å². The Morgan fingerprint density at radius 2 is 1.82 bits per heavy atom. The van der Waals surface area contributed by atoms with Crippen LogP contribution < -0.4 is 0 Å². The molecule has 0 aliphatic heterocycles. The summed E-state index contributed by atoms with van der Waals surface area (Å²) in [5.74, 6) is 0.378. The van der Waals surface area contributed by atoms with Crippen molar-refractivity contribution in [1.82, 2.24) is 5.06 Å². The average Bonchev–Trinajstić information content (AvgIpc) is 2.41. The van der Waals surface area contributed by atoms with Gasteiger partial charge in [0, 0.05) is 19.6 Å². The second-order valence-electron chi connectivity index (χ2n) is 6.44. The van der Waals surface area contributed by atoms with Gasteiger partial charge in [-0.25, -0.2) is 5.06 Å². The monoisotopic (exact) mass is 325 g/mol. The molecule has 5 heteroatoms. The normalized spacial score (nSPS) is 11.7. The molecule has 0 N–H and O–H groups in total. The van der Waals surface area contributed by atoms with Crippen molar-refractivity contribution in [2.45, 2.75) is 39.7 Å². The molecule has 0 unspecified atom stereocenters. The van der Waals surface area contributed by atoms with E-state index in [2.05, 4.69) is 26.0 Å². The van der Waals surface area contributed by atoms with Crippen molar-refractivity contribution in [1.29, 1.82) is 0 Å². The summed E-state index contributed by atoms with van der Waals surface area (Å²) >= 11 is 0. The first-order valence-electron chi connectivity index (χ1n) is 7.73. The van der Waals surface area contributed by atoms with Crippen LogP contribution in [0.2, 0.25) is 0 Å². The van der Waals surface area contributed by atoms with Gasteiger partial charge in [0.15, 0.2) is 0 Å². The van der Waals surface area contributed by atoms with E-state index in [9.17, 15) is 9.36 Å². The lowest BCUT2D eigenvalue weighted by molar-refractivity contribution is -0.189. The van der Waals surface area contributed by atoms with E-state index in [1.807, 2.05) is 12.1 Å². The fourth-order valence-corrected chi connectivity index (χ4v) is 2.96. The average molecular weight is 325 g/mol. The number of carbonyl (C=O) groups is 1. The zero-order valence-electron chi connectivity index (χ0n) is 14.3. The lowest BCUT2D eigenvalue weighted by Crippen LogP contribution is -2.30. The van der Waals surface area contributed by atoms with Crippen LogP contribution >= 0.6 is 7.14 Å². The van der Waals surface area contributed by atoms with E-state index >= 15 is 0 Å². The fourth-order valence-electron chi connectivity index (χ4n) is 2.06. The molecule has 0 aliphatic rings. The van der Waals surface area contributed by atoms with Gasteiger partial charge in [-0.1, -0.05) is 38.1 Å². The Morgan fingerprint density at radius 3 is 2.27 bits per heavy atom. The van der Waals surface area contributed by atoms with E-state index in [0.29, 0.717) is 31.7 Å². The van der Waals surface area contributed by atoms with Crippen LogP contribution in [0, 0.1) is 0 Å². The van der Waals surface area contributed by atoms with Crippen LogP contribution in [0.5, 0.6) is 0 Å². The van der Waals surface area contributed by atoms with E-state index in [1.165, 1.54) is 17.6 Å². The molecule has 4 nitrogen and oxygen atoms in total. The maximum atomic E-state index is 11.7. The Morgan fingerprint density at radius 1 is 1.23 bits per heavy atom. The summed E-state index contributed by atoms with van der Waals surface area (Å²) in [7, 11) is -2.04. The summed E-state index contributed by atoms with van der Waals surface area (Å²) in [5, 5.41) is 1.37. The third-order valence-corrected chi connectivity index (χ3v) is 4.84. The molecule has 22 heavy (non-hydrogen) atoms. The molecule has 0 saturated heterocycles. The Labute approximate surface area is 134 Å². The van der Waals surface area contributed by atoms with Crippen LogP contribution in [-0.4, -0.2) is 37.0 Å². The molecule has 124 valence electrons. The highest BCUT2D eigenvalue weighted by Crippen LogP contribution is 2.36. The lowest BCUT2D eigenvalue weighted by Gasteiger charge is -2.21. The first kappa shape index (κ1) is 18.9. The Balaban J connectivity index is 2.50. The minimum Gasteiger partial charge on any atom is -0.324 e. The molecule has 0 radical (unpaired) electrons. The number of amides is 1. The Kier molecular flexibility index (Phi) is 7.31. The molecular weight excluding hydrogens is 297 g/mol. The van der Waals surface area contributed by atoms with Crippen molar-refractivity contribution in [3.05, 3.63) is 35.4 Å². The summed E-state index contributed by atoms with van der Waals surface area (Å²) < 4.78 is 11.7. The molecule has 0 bridgehead atoms. The third kappa shape index (κ3) is 7.24. The summed E-state index contributed by atoms with van der Waals surface area (Å²) in [5.41, 5.74) is 2.32. The highest BCUT2D eigenvalue weighted by atomic mass is 31.2. The van der Waals surface area contributed by atoms with E-state index in [0.717, 1.165) is 5.56 Å². The quantitative estimate of drug-likeness (QED) is 0.534. The van der Waals surface area contributed by atoms with Crippen molar-refractivity contribution in [3.63, 3.8) is 0 Å². The number of hydrogen-bond donors (Lipinski definition) is 0. The molecule has 0 aromatic heterocycles. The van der Waals surface area contributed by atoms with Gasteiger partial charge in [-0.3, -0.25) is 9.63 Å². The molecule has 0 heterocycles. The van der Waals surface area contributed by atoms with E-state index in [-0.39, 0.29) is 5.91 Å². The summed E-state index contributed by atoms with van der Waals surface area (Å²) in [4.78, 5) is 17.2. The summed E-state index contributed by atoms with van der Waals surface area (Å²) in [6, 6.07) is 8.23. The molecule has 1 rings (SSSR count). The predicted molar refractivity (Wildman–Crippen MR) is 91.6 cm³/mol. The van der Waals surface area contributed by atoms with Crippen molar-refractivity contribution in [2.24, 2.45) is 0 Å². The van der Waals surface area contributed by atoms with Gasteiger partial charge in [0.2, 0.25) is 5.91 Å². The molecule has 0 aliphatic carbocycles. The summed E-state index contributed by atoms with van der Waals surface area (Å²) in [6.07, 6.45) is 1.32. The van der Waals surface area contributed by atoms with Gasteiger partial charge in [-0.2, -0.15) is 0 Å². The molecule has 1 aromatic rings. The highest BCUT2D eigenvalue weighted by molar-refractivity contribution is 7.62. The molecule has 1 aromatic carbocycles. The maximum Gasteiger partial charge on any atom is 0.243 e. The van der Waals surface area contributed by atoms with Crippen molar-refractivity contribution in [3.8, 4) is 0 Å². The largest absolute Gasteiger partial charge is 0.324 e. The second-order valence-corrected chi connectivity index (χ2v) is 10.0. The topological polar surface area (TPSA) is 46.6 Å². The van der Waals surface area contributed by atoms with Crippen molar-refractivity contribution in [2.75, 3.05) is 26.0 Å². The van der Waals surface area contributed by atoms with Gasteiger partial charge in [0.05, 0.1) is 7.14 Å². The van der Waals surface area contributed by atoms with Crippen LogP contribution in [0.15, 0.2) is 24.3 Å². The highest BCUT2D eigenvalue weighted by Gasteiger charge is 2.13. The van der Waals surface area contributed by atoms with Gasteiger partial charge in [0.25, 0.3) is 0 Å². The number of nitrogens with zero attached hydrogens (tertiary/aromatic N) is 1.